The fourth-order valence-electron chi connectivity index (χ4n) is 1.48. The van der Waals surface area contributed by atoms with Gasteiger partial charge in [0.25, 0.3) is 0 Å². The van der Waals surface area contributed by atoms with Crippen LogP contribution in [0.3, 0.4) is 0 Å². The smallest absolute Gasteiger partial charge is 0.0625 e. The number of hydrogen-bond acceptors (Lipinski definition) is 1. The summed E-state index contributed by atoms with van der Waals surface area (Å²) in [5.74, 6) is 0. The van der Waals surface area contributed by atoms with E-state index in [0.717, 1.165) is 0 Å². The van der Waals surface area contributed by atoms with Crippen LogP contribution in [0.1, 0.15) is 33.1 Å². The van der Waals surface area contributed by atoms with Crippen LogP contribution in [-0.4, -0.2) is 21.6 Å². The van der Waals surface area contributed by atoms with Gasteiger partial charge < -0.3 is 4.74 Å². The number of rotatable bonds is 0. The average Bonchev–Trinajstić information content (AvgIpc) is 1.60. The van der Waals surface area contributed by atoms with Crippen LogP contribution in [0.25, 0.3) is 0 Å². The van der Waals surface area contributed by atoms with Crippen molar-refractivity contribution >= 4 is 10.2 Å². The summed E-state index contributed by atoms with van der Waals surface area (Å²) in [6, 6.07) is 0. The Kier molecular flexibility index (Phi) is 1.96. The van der Waals surface area contributed by atoms with Gasteiger partial charge in [-0.3, -0.25) is 0 Å². The van der Waals surface area contributed by atoms with Crippen molar-refractivity contribution in [1.82, 2.24) is 0 Å². The molecule has 1 aliphatic heterocycles. The van der Waals surface area contributed by atoms with E-state index in [-0.39, 0.29) is 5.60 Å². The van der Waals surface area contributed by atoms with Crippen LogP contribution in [0.15, 0.2) is 0 Å². The van der Waals surface area contributed by atoms with Crippen LogP contribution >= 0.6 is 0 Å². The van der Waals surface area contributed by atoms with Crippen molar-refractivity contribution in [2.45, 2.75) is 44.4 Å². The van der Waals surface area contributed by atoms with Crippen molar-refractivity contribution in [2.75, 3.05) is 0 Å². The van der Waals surface area contributed by atoms with Crippen molar-refractivity contribution in [3.8, 4) is 0 Å². The Labute approximate surface area is 60.2 Å². The zero-order valence-corrected chi connectivity index (χ0v) is 8.61. The highest BCUT2D eigenvalue weighted by atomic mass is 28.1. The summed E-state index contributed by atoms with van der Waals surface area (Å²) in [6.07, 6.45) is 3.91. The third-order valence-electron chi connectivity index (χ3n) is 1.91. The van der Waals surface area contributed by atoms with Gasteiger partial charge in [-0.15, -0.1) is 0 Å². The Bertz CT molecular complexity index is 101. The van der Waals surface area contributed by atoms with E-state index in [0.29, 0.717) is 5.73 Å². The molecule has 1 rings (SSSR count). The Morgan fingerprint density at radius 1 is 1.56 bits per heavy atom. The lowest BCUT2D eigenvalue weighted by Crippen LogP contribution is -2.35. The van der Waals surface area contributed by atoms with Crippen LogP contribution < -0.4 is 0 Å². The van der Waals surface area contributed by atoms with Gasteiger partial charge in [0, 0.05) is 16.0 Å². The van der Waals surface area contributed by atoms with E-state index >= 15 is 0 Å². The molecule has 0 amide bonds. The fourth-order valence-corrected chi connectivity index (χ4v) is 2.52. The molecule has 1 saturated heterocycles. The normalized spacial score (nSPS) is 34.7. The van der Waals surface area contributed by atoms with Crippen molar-refractivity contribution in [2.24, 2.45) is 0 Å². The summed E-state index contributed by atoms with van der Waals surface area (Å²) >= 11 is 0. The number of hydrogen-bond donors (Lipinski definition) is 0. The topological polar surface area (TPSA) is 9.23 Å². The summed E-state index contributed by atoms with van der Waals surface area (Å²) in [4.78, 5) is 0. The highest BCUT2D eigenvalue weighted by molar-refractivity contribution is 6.11. The second-order valence-electron chi connectivity index (χ2n) is 3.58. The molecule has 9 heavy (non-hydrogen) atoms. The molecular weight excluding hydrogens is 128 g/mol. The standard InChI is InChI=1S/C7H16OSi/c1-7(2)5-3-4-6(9)8-7/h6H,3-5H2,1-2,9H3. The first-order valence-electron chi connectivity index (χ1n) is 3.78. The monoisotopic (exact) mass is 144 g/mol. The first kappa shape index (κ1) is 7.29. The average molecular weight is 144 g/mol. The molecule has 2 heteroatoms. The van der Waals surface area contributed by atoms with E-state index in [1.54, 1.807) is 0 Å². The molecule has 0 bridgehead atoms. The molecule has 54 valence electrons. The summed E-state index contributed by atoms with van der Waals surface area (Å²) in [7, 11) is 1.20. The lowest BCUT2D eigenvalue weighted by atomic mass is 9.98. The van der Waals surface area contributed by atoms with Crippen LogP contribution in [0, 0.1) is 0 Å². The summed E-state index contributed by atoms with van der Waals surface area (Å²) in [6.45, 7) is 4.38. The zero-order valence-electron chi connectivity index (χ0n) is 6.61. The Hall–Kier alpha value is 0.177. The largest absolute Gasteiger partial charge is 0.377 e. The molecule has 1 fully saturated rings. The van der Waals surface area contributed by atoms with Crippen molar-refractivity contribution in [3.63, 3.8) is 0 Å². The van der Waals surface area contributed by atoms with Gasteiger partial charge in [-0.1, -0.05) is 0 Å². The molecule has 0 aromatic heterocycles. The van der Waals surface area contributed by atoms with Gasteiger partial charge in [0.15, 0.2) is 0 Å². The highest BCUT2D eigenvalue weighted by Crippen LogP contribution is 2.25. The summed E-state index contributed by atoms with van der Waals surface area (Å²) in [5, 5.41) is 0. The Morgan fingerprint density at radius 3 is 2.56 bits per heavy atom. The van der Waals surface area contributed by atoms with Gasteiger partial charge >= 0.3 is 0 Å². The lowest BCUT2D eigenvalue weighted by Gasteiger charge is -2.34. The van der Waals surface area contributed by atoms with E-state index in [2.05, 4.69) is 13.8 Å². The molecule has 0 radical (unpaired) electrons. The first-order chi connectivity index (χ1) is 4.10. The van der Waals surface area contributed by atoms with Crippen LogP contribution in [0.4, 0.5) is 0 Å². The second-order valence-corrected chi connectivity index (χ2v) is 4.87. The van der Waals surface area contributed by atoms with Crippen LogP contribution in [0.5, 0.6) is 0 Å². The van der Waals surface area contributed by atoms with Crippen molar-refractivity contribution in [1.29, 1.82) is 0 Å². The predicted molar refractivity (Wildman–Crippen MR) is 42.7 cm³/mol. The van der Waals surface area contributed by atoms with Gasteiger partial charge in [0.2, 0.25) is 0 Å². The van der Waals surface area contributed by atoms with Gasteiger partial charge in [0.05, 0.1) is 5.60 Å². The van der Waals surface area contributed by atoms with E-state index in [4.69, 9.17) is 4.74 Å². The fraction of sp³-hybridized carbons (Fsp3) is 1.00. The molecule has 0 aromatic rings. The molecule has 1 unspecified atom stereocenters. The van der Waals surface area contributed by atoms with E-state index in [9.17, 15) is 0 Å². The SMILES string of the molecule is CC1(C)CCCC([SiH3])O1. The molecular formula is C7H16OSi. The molecule has 0 spiro atoms. The minimum Gasteiger partial charge on any atom is -0.377 e. The van der Waals surface area contributed by atoms with E-state index in [1.165, 1.54) is 29.5 Å². The molecule has 0 N–H and O–H groups in total. The molecule has 0 saturated carbocycles. The Balaban J connectivity index is 2.41. The first-order valence-corrected chi connectivity index (χ1v) is 4.93. The van der Waals surface area contributed by atoms with Gasteiger partial charge in [0.1, 0.15) is 0 Å². The molecule has 1 aliphatic rings. The maximum Gasteiger partial charge on any atom is 0.0625 e. The predicted octanol–water partition coefficient (Wildman–Crippen LogP) is 0.657. The maximum atomic E-state index is 5.74. The van der Waals surface area contributed by atoms with Gasteiger partial charge in [-0.05, 0) is 33.1 Å². The van der Waals surface area contributed by atoms with Crippen molar-refractivity contribution < 1.29 is 4.74 Å². The van der Waals surface area contributed by atoms with Gasteiger partial charge in [-0.25, -0.2) is 0 Å². The quantitative estimate of drug-likeness (QED) is 0.454. The summed E-state index contributed by atoms with van der Waals surface area (Å²) in [5.41, 5.74) is 0.804. The Morgan fingerprint density at radius 2 is 2.22 bits per heavy atom. The maximum absolute atomic E-state index is 5.74. The van der Waals surface area contributed by atoms with Crippen molar-refractivity contribution in [3.05, 3.63) is 0 Å². The van der Waals surface area contributed by atoms with Crippen LogP contribution in [-0.2, 0) is 4.74 Å². The van der Waals surface area contributed by atoms with E-state index < -0.39 is 0 Å². The van der Waals surface area contributed by atoms with Gasteiger partial charge in [-0.2, -0.15) is 0 Å². The zero-order chi connectivity index (χ0) is 6.91. The highest BCUT2D eigenvalue weighted by Gasteiger charge is 2.25. The number of ether oxygens (including phenoxy) is 1. The summed E-state index contributed by atoms with van der Waals surface area (Å²) < 4.78 is 5.74. The lowest BCUT2D eigenvalue weighted by molar-refractivity contribution is -0.0716. The molecule has 1 heterocycles. The third kappa shape index (κ3) is 2.10. The molecule has 0 aliphatic carbocycles. The minimum atomic E-state index is 0.185. The molecule has 0 aromatic carbocycles. The minimum absolute atomic E-state index is 0.185. The van der Waals surface area contributed by atoms with E-state index in [1.807, 2.05) is 0 Å². The molecule has 1 nitrogen and oxygen atoms in total. The molecule has 1 atom stereocenters. The second kappa shape index (κ2) is 2.43. The van der Waals surface area contributed by atoms with Crippen LogP contribution in [0.2, 0.25) is 0 Å². The third-order valence-corrected chi connectivity index (χ3v) is 2.72.